The molecule has 1 heteroatoms. The highest BCUT2D eigenvalue weighted by Gasteiger charge is 2.42. The molecule has 3 rings (SSSR count). The number of benzene rings is 1. The van der Waals surface area contributed by atoms with E-state index >= 15 is 0 Å². The van der Waals surface area contributed by atoms with Crippen molar-refractivity contribution >= 4 is 0 Å². The Morgan fingerprint density at radius 1 is 1.36 bits per heavy atom. The van der Waals surface area contributed by atoms with Crippen LogP contribution in [0.1, 0.15) is 36.3 Å². The smallest absolute Gasteiger partial charge is 0.122 e. The first-order valence-corrected chi connectivity index (χ1v) is 5.56. The van der Waals surface area contributed by atoms with Gasteiger partial charge in [0.05, 0.1) is 7.11 Å². The molecule has 0 bridgehead atoms. The topological polar surface area (TPSA) is 9.23 Å². The highest BCUT2D eigenvalue weighted by molar-refractivity contribution is 5.46. The van der Waals surface area contributed by atoms with Crippen LogP contribution in [-0.2, 0) is 6.42 Å². The molecule has 1 fully saturated rings. The molecule has 1 saturated carbocycles. The first-order chi connectivity index (χ1) is 6.90. The van der Waals surface area contributed by atoms with E-state index in [0.29, 0.717) is 0 Å². The number of fused-ring (bicyclic) bond motifs is 3. The van der Waals surface area contributed by atoms with E-state index in [9.17, 15) is 0 Å². The van der Waals surface area contributed by atoms with Gasteiger partial charge in [-0.25, -0.2) is 0 Å². The van der Waals surface area contributed by atoms with Gasteiger partial charge in [-0.2, -0.15) is 0 Å². The molecular formula is C13H16O. The van der Waals surface area contributed by atoms with Crippen molar-refractivity contribution in [2.45, 2.75) is 31.6 Å². The normalized spacial score (nSPS) is 28.6. The van der Waals surface area contributed by atoms with Crippen LogP contribution in [0.3, 0.4) is 0 Å². The molecule has 0 N–H and O–H groups in total. The standard InChI is InChI=1S/C13H16O/c1-14-12-7-3-5-9-4-2-6-10-8-11(10)13(9)12/h3,5,7,10-11H,2,4,6,8H2,1H3/t10-,11+/m1/s1. The molecule has 1 aromatic rings. The molecule has 1 aromatic carbocycles. The van der Waals surface area contributed by atoms with Crippen LogP contribution >= 0.6 is 0 Å². The highest BCUT2D eigenvalue weighted by Crippen LogP contribution is 2.55. The predicted octanol–water partition coefficient (Wildman–Crippen LogP) is 3.14. The minimum atomic E-state index is 0.823. The minimum Gasteiger partial charge on any atom is -0.496 e. The Hall–Kier alpha value is -0.980. The fraction of sp³-hybridized carbons (Fsp3) is 0.538. The first-order valence-electron chi connectivity index (χ1n) is 5.56. The van der Waals surface area contributed by atoms with Crippen LogP contribution in [0, 0.1) is 5.92 Å². The van der Waals surface area contributed by atoms with Gasteiger partial charge in [0, 0.05) is 5.56 Å². The summed E-state index contributed by atoms with van der Waals surface area (Å²) in [5.41, 5.74) is 3.06. The van der Waals surface area contributed by atoms with E-state index in [-0.39, 0.29) is 0 Å². The summed E-state index contributed by atoms with van der Waals surface area (Å²) in [7, 11) is 1.79. The zero-order valence-electron chi connectivity index (χ0n) is 8.62. The second-order valence-corrected chi connectivity index (χ2v) is 4.53. The van der Waals surface area contributed by atoms with E-state index in [4.69, 9.17) is 4.74 Å². The molecule has 0 saturated heterocycles. The van der Waals surface area contributed by atoms with Gasteiger partial charge in [0.2, 0.25) is 0 Å². The molecule has 0 unspecified atom stereocenters. The maximum atomic E-state index is 5.47. The number of methoxy groups -OCH3 is 1. The van der Waals surface area contributed by atoms with Gasteiger partial charge in [-0.05, 0) is 49.1 Å². The molecular weight excluding hydrogens is 172 g/mol. The van der Waals surface area contributed by atoms with Crippen LogP contribution in [-0.4, -0.2) is 7.11 Å². The van der Waals surface area contributed by atoms with Gasteiger partial charge >= 0.3 is 0 Å². The molecule has 74 valence electrons. The molecule has 0 aliphatic heterocycles. The summed E-state index contributed by atoms with van der Waals surface area (Å²) in [6.45, 7) is 0. The van der Waals surface area contributed by atoms with Gasteiger partial charge in [-0.1, -0.05) is 12.1 Å². The van der Waals surface area contributed by atoms with Crippen LogP contribution in [0.25, 0.3) is 0 Å². The summed E-state index contributed by atoms with van der Waals surface area (Å²) in [6, 6.07) is 6.51. The van der Waals surface area contributed by atoms with E-state index in [2.05, 4.69) is 18.2 Å². The zero-order valence-corrected chi connectivity index (χ0v) is 8.62. The van der Waals surface area contributed by atoms with E-state index in [1.807, 2.05) is 0 Å². The molecule has 14 heavy (non-hydrogen) atoms. The summed E-state index contributed by atoms with van der Waals surface area (Å²) in [5.74, 6) is 2.91. The molecule has 0 heterocycles. The van der Waals surface area contributed by atoms with Gasteiger partial charge < -0.3 is 4.74 Å². The molecule has 0 aromatic heterocycles. The summed E-state index contributed by atoms with van der Waals surface area (Å²) >= 11 is 0. The fourth-order valence-electron chi connectivity index (χ4n) is 2.88. The van der Waals surface area contributed by atoms with Gasteiger partial charge in [0.15, 0.2) is 0 Å². The van der Waals surface area contributed by atoms with E-state index in [1.54, 1.807) is 7.11 Å². The Morgan fingerprint density at radius 2 is 2.29 bits per heavy atom. The number of hydrogen-bond acceptors (Lipinski definition) is 1. The van der Waals surface area contributed by atoms with Crippen molar-refractivity contribution in [3.8, 4) is 5.75 Å². The largest absolute Gasteiger partial charge is 0.496 e. The molecule has 1 nitrogen and oxygen atoms in total. The third-order valence-electron chi connectivity index (χ3n) is 3.69. The van der Waals surface area contributed by atoms with Crippen LogP contribution in [0.4, 0.5) is 0 Å². The van der Waals surface area contributed by atoms with Crippen molar-refractivity contribution in [2.24, 2.45) is 5.92 Å². The van der Waals surface area contributed by atoms with E-state index in [0.717, 1.165) is 17.6 Å². The lowest BCUT2D eigenvalue weighted by Crippen LogP contribution is -1.95. The Bertz CT molecular complexity index is 356. The maximum absolute atomic E-state index is 5.47. The molecule has 0 radical (unpaired) electrons. The van der Waals surface area contributed by atoms with Crippen LogP contribution < -0.4 is 4.74 Å². The number of aryl methyl sites for hydroxylation is 1. The van der Waals surface area contributed by atoms with Crippen LogP contribution in [0.2, 0.25) is 0 Å². The van der Waals surface area contributed by atoms with Crippen molar-refractivity contribution in [1.29, 1.82) is 0 Å². The van der Waals surface area contributed by atoms with Gasteiger partial charge in [0.25, 0.3) is 0 Å². The predicted molar refractivity (Wildman–Crippen MR) is 56.8 cm³/mol. The Labute approximate surface area is 85.1 Å². The average molecular weight is 188 g/mol. The Balaban J connectivity index is 2.10. The lowest BCUT2D eigenvalue weighted by atomic mass is 10.00. The third-order valence-corrected chi connectivity index (χ3v) is 3.69. The van der Waals surface area contributed by atoms with Crippen LogP contribution in [0.15, 0.2) is 18.2 Å². The second kappa shape index (κ2) is 3.01. The second-order valence-electron chi connectivity index (χ2n) is 4.53. The highest BCUT2D eigenvalue weighted by atomic mass is 16.5. The molecule has 0 spiro atoms. The molecule has 2 aliphatic carbocycles. The first kappa shape index (κ1) is 8.34. The van der Waals surface area contributed by atoms with E-state index < -0.39 is 0 Å². The van der Waals surface area contributed by atoms with Crippen molar-refractivity contribution in [3.05, 3.63) is 29.3 Å². The maximum Gasteiger partial charge on any atom is 0.122 e. The van der Waals surface area contributed by atoms with E-state index in [1.165, 1.54) is 36.8 Å². The van der Waals surface area contributed by atoms with Crippen LogP contribution in [0.5, 0.6) is 5.75 Å². The van der Waals surface area contributed by atoms with Gasteiger partial charge in [0.1, 0.15) is 5.75 Å². The quantitative estimate of drug-likeness (QED) is 0.658. The van der Waals surface area contributed by atoms with Crippen molar-refractivity contribution in [3.63, 3.8) is 0 Å². The lowest BCUT2D eigenvalue weighted by Gasteiger charge is -2.11. The minimum absolute atomic E-state index is 0.823. The van der Waals surface area contributed by atoms with Crippen molar-refractivity contribution in [1.82, 2.24) is 0 Å². The summed E-state index contributed by atoms with van der Waals surface area (Å²) in [6.07, 6.45) is 5.43. The molecule has 2 aliphatic rings. The molecule has 2 atom stereocenters. The summed E-state index contributed by atoms with van der Waals surface area (Å²) < 4.78 is 5.47. The Morgan fingerprint density at radius 3 is 3.14 bits per heavy atom. The van der Waals surface area contributed by atoms with Gasteiger partial charge in [-0.3, -0.25) is 0 Å². The zero-order chi connectivity index (χ0) is 9.54. The lowest BCUT2D eigenvalue weighted by molar-refractivity contribution is 0.409. The summed E-state index contributed by atoms with van der Waals surface area (Å²) in [5, 5.41) is 0. The van der Waals surface area contributed by atoms with Crippen molar-refractivity contribution < 1.29 is 4.74 Å². The van der Waals surface area contributed by atoms with Gasteiger partial charge in [-0.15, -0.1) is 0 Å². The Kier molecular flexibility index (Phi) is 1.79. The molecule has 0 amide bonds. The number of rotatable bonds is 1. The third kappa shape index (κ3) is 1.15. The monoisotopic (exact) mass is 188 g/mol. The SMILES string of the molecule is COc1cccc2c1[C@H]1C[C@H]1CCC2. The fourth-order valence-corrected chi connectivity index (χ4v) is 2.88. The summed E-state index contributed by atoms with van der Waals surface area (Å²) in [4.78, 5) is 0. The number of ether oxygens (including phenoxy) is 1. The average Bonchev–Trinajstić information content (AvgIpc) is 2.95. The number of hydrogen-bond donors (Lipinski definition) is 0. The van der Waals surface area contributed by atoms with Crippen molar-refractivity contribution in [2.75, 3.05) is 7.11 Å².